The number of aryl methyl sites for hydroxylation is 1. The molecule has 0 fully saturated rings. The lowest BCUT2D eigenvalue weighted by molar-refractivity contribution is -0.118. The van der Waals surface area contributed by atoms with Crippen molar-refractivity contribution in [3.05, 3.63) is 59.0 Å². The highest BCUT2D eigenvalue weighted by atomic mass is 16.2. The Balaban J connectivity index is 1.78. The Labute approximate surface area is 141 Å². The summed E-state index contributed by atoms with van der Waals surface area (Å²) in [6.45, 7) is 5.35. The molecule has 0 saturated carbocycles. The Kier molecular flexibility index (Phi) is 4.69. The van der Waals surface area contributed by atoms with E-state index >= 15 is 0 Å². The van der Waals surface area contributed by atoms with E-state index in [0.717, 1.165) is 11.4 Å². The van der Waals surface area contributed by atoms with Crippen LogP contribution in [0.3, 0.4) is 0 Å². The van der Waals surface area contributed by atoms with Gasteiger partial charge in [-0.15, -0.1) is 0 Å². The third kappa shape index (κ3) is 3.35. The maximum absolute atomic E-state index is 12.8. The second kappa shape index (κ2) is 6.91. The molecule has 1 amide bonds. The first-order valence-electron chi connectivity index (χ1n) is 8.37. The minimum Gasteiger partial charge on any atom is -0.379 e. The molecule has 1 aliphatic heterocycles. The van der Waals surface area contributed by atoms with Gasteiger partial charge in [-0.05, 0) is 24.1 Å². The van der Waals surface area contributed by atoms with Crippen LogP contribution in [0, 0.1) is 5.92 Å². The van der Waals surface area contributed by atoms with Crippen LogP contribution in [0.15, 0.2) is 53.5 Å². The third-order valence-corrected chi connectivity index (χ3v) is 4.49. The second-order valence-corrected chi connectivity index (χ2v) is 6.50. The monoisotopic (exact) mass is 325 g/mol. The normalized spacial score (nSPS) is 16.6. The van der Waals surface area contributed by atoms with Crippen molar-refractivity contribution >= 4 is 17.3 Å². The molecule has 0 spiro atoms. The molecule has 3 rings (SSSR count). The highest BCUT2D eigenvalue weighted by Crippen LogP contribution is 2.32. The van der Waals surface area contributed by atoms with Gasteiger partial charge in [0.05, 0.1) is 11.4 Å². The summed E-state index contributed by atoms with van der Waals surface area (Å²) in [4.78, 5) is 26.4. The standard InChI is InChI=1S/C19H23N3O2/c1-14(2)16-13-22(17-8-4-3-7-15(17)20-16)19(24)10-12-21-11-6-5-9-18(21)23/h3-9,11,14,16,20H,10,12-13H2,1-2H3. The first kappa shape index (κ1) is 16.3. The van der Waals surface area contributed by atoms with Crippen molar-refractivity contribution in [1.82, 2.24) is 4.57 Å². The zero-order chi connectivity index (χ0) is 17.1. The summed E-state index contributed by atoms with van der Waals surface area (Å²) >= 11 is 0. The van der Waals surface area contributed by atoms with E-state index in [9.17, 15) is 9.59 Å². The molecule has 5 nitrogen and oxygen atoms in total. The van der Waals surface area contributed by atoms with Crippen LogP contribution in [0.5, 0.6) is 0 Å². The number of nitrogens with one attached hydrogen (secondary N) is 1. The number of hydrogen-bond donors (Lipinski definition) is 1. The number of para-hydroxylation sites is 2. The fourth-order valence-electron chi connectivity index (χ4n) is 2.98. The average Bonchev–Trinajstić information content (AvgIpc) is 2.59. The Morgan fingerprint density at radius 2 is 1.96 bits per heavy atom. The van der Waals surface area contributed by atoms with E-state index in [1.54, 1.807) is 22.9 Å². The number of benzene rings is 1. The first-order valence-corrected chi connectivity index (χ1v) is 8.37. The zero-order valence-corrected chi connectivity index (χ0v) is 14.1. The highest BCUT2D eigenvalue weighted by molar-refractivity contribution is 5.97. The number of amides is 1. The first-order chi connectivity index (χ1) is 11.6. The van der Waals surface area contributed by atoms with Gasteiger partial charge in [0.1, 0.15) is 0 Å². The molecule has 5 heteroatoms. The highest BCUT2D eigenvalue weighted by Gasteiger charge is 2.29. The van der Waals surface area contributed by atoms with E-state index in [4.69, 9.17) is 0 Å². The van der Waals surface area contributed by atoms with Gasteiger partial charge in [-0.2, -0.15) is 0 Å². The number of carbonyl (C=O) groups excluding carboxylic acids is 1. The SMILES string of the molecule is CC(C)C1CN(C(=O)CCn2ccccc2=O)c2ccccc2N1. The van der Waals surface area contributed by atoms with Crippen molar-refractivity contribution in [3.63, 3.8) is 0 Å². The second-order valence-electron chi connectivity index (χ2n) is 6.50. The Hall–Kier alpha value is -2.56. The molecule has 2 aromatic rings. The molecule has 126 valence electrons. The fourth-order valence-corrected chi connectivity index (χ4v) is 2.98. The number of aromatic nitrogens is 1. The molecule has 1 aromatic carbocycles. The van der Waals surface area contributed by atoms with Gasteiger partial charge in [0.2, 0.25) is 5.91 Å². The van der Waals surface area contributed by atoms with Gasteiger partial charge in [-0.25, -0.2) is 0 Å². The summed E-state index contributed by atoms with van der Waals surface area (Å²) in [7, 11) is 0. The van der Waals surface area contributed by atoms with Crippen LogP contribution >= 0.6 is 0 Å². The van der Waals surface area contributed by atoms with Crippen LogP contribution in [0.1, 0.15) is 20.3 Å². The minimum absolute atomic E-state index is 0.0466. The maximum Gasteiger partial charge on any atom is 0.250 e. The van der Waals surface area contributed by atoms with Crippen LogP contribution in [0.2, 0.25) is 0 Å². The largest absolute Gasteiger partial charge is 0.379 e. The van der Waals surface area contributed by atoms with Gasteiger partial charge in [0.25, 0.3) is 5.56 Å². The van der Waals surface area contributed by atoms with Crippen LogP contribution in [0.4, 0.5) is 11.4 Å². The molecule has 0 bridgehead atoms. The molecule has 1 atom stereocenters. The van der Waals surface area contributed by atoms with Crippen LogP contribution in [0.25, 0.3) is 0 Å². The van der Waals surface area contributed by atoms with Gasteiger partial charge in [0, 0.05) is 37.8 Å². The van der Waals surface area contributed by atoms with Gasteiger partial charge < -0.3 is 14.8 Å². The van der Waals surface area contributed by atoms with Gasteiger partial charge in [0.15, 0.2) is 0 Å². The molecule has 0 aliphatic carbocycles. The zero-order valence-electron chi connectivity index (χ0n) is 14.1. The van der Waals surface area contributed by atoms with Crippen molar-refractivity contribution in [2.75, 3.05) is 16.8 Å². The predicted molar refractivity (Wildman–Crippen MR) is 96.4 cm³/mol. The van der Waals surface area contributed by atoms with E-state index < -0.39 is 0 Å². The van der Waals surface area contributed by atoms with E-state index in [2.05, 4.69) is 19.2 Å². The lowest BCUT2D eigenvalue weighted by atomic mass is 9.99. The topological polar surface area (TPSA) is 54.3 Å². The number of nitrogens with zero attached hydrogens (tertiary/aromatic N) is 2. The lowest BCUT2D eigenvalue weighted by Gasteiger charge is -2.37. The molecule has 0 saturated heterocycles. The molecule has 0 radical (unpaired) electrons. The van der Waals surface area contributed by atoms with Gasteiger partial charge >= 0.3 is 0 Å². The van der Waals surface area contributed by atoms with E-state index in [1.807, 2.05) is 29.2 Å². The maximum atomic E-state index is 12.8. The van der Waals surface area contributed by atoms with Crippen molar-refractivity contribution in [2.24, 2.45) is 5.92 Å². The van der Waals surface area contributed by atoms with Crippen LogP contribution < -0.4 is 15.8 Å². The van der Waals surface area contributed by atoms with Crippen LogP contribution in [-0.4, -0.2) is 23.1 Å². The number of hydrogen-bond acceptors (Lipinski definition) is 3. The van der Waals surface area contributed by atoms with E-state index in [1.165, 1.54) is 6.07 Å². The summed E-state index contributed by atoms with van der Waals surface area (Å²) in [6, 6.07) is 13.1. The summed E-state index contributed by atoms with van der Waals surface area (Å²) in [6.07, 6.45) is 2.03. The summed E-state index contributed by atoms with van der Waals surface area (Å²) in [5.41, 5.74) is 1.83. The molecule has 1 N–H and O–H groups in total. The summed E-state index contributed by atoms with van der Waals surface area (Å²) in [5, 5.41) is 3.52. The Morgan fingerprint density at radius 3 is 2.71 bits per heavy atom. The number of fused-ring (bicyclic) bond motifs is 1. The molecule has 1 aromatic heterocycles. The quantitative estimate of drug-likeness (QED) is 0.940. The molecule has 1 aliphatic rings. The molecule has 2 heterocycles. The molecule has 24 heavy (non-hydrogen) atoms. The number of rotatable bonds is 4. The van der Waals surface area contributed by atoms with Crippen LogP contribution in [-0.2, 0) is 11.3 Å². The number of anilines is 2. The predicted octanol–water partition coefficient (Wildman–Crippen LogP) is 2.72. The third-order valence-electron chi connectivity index (χ3n) is 4.49. The van der Waals surface area contributed by atoms with Crippen molar-refractivity contribution < 1.29 is 4.79 Å². The van der Waals surface area contributed by atoms with Gasteiger partial charge in [-0.3, -0.25) is 9.59 Å². The van der Waals surface area contributed by atoms with E-state index in [-0.39, 0.29) is 17.5 Å². The van der Waals surface area contributed by atoms with E-state index in [0.29, 0.717) is 25.4 Å². The average molecular weight is 325 g/mol. The van der Waals surface area contributed by atoms with Gasteiger partial charge in [-0.1, -0.05) is 32.0 Å². The van der Waals surface area contributed by atoms with Crippen molar-refractivity contribution in [1.29, 1.82) is 0 Å². The number of pyridine rings is 1. The lowest BCUT2D eigenvalue weighted by Crippen LogP contribution is -2.47. The Bertz CT molecular complexity index is 782. The fraction of sp³-hybridized carbons (Fsp3) is 0.368. The summed E-state index contributed by atoms with van der Waals surface area (Å²) in [5.74, 6) is 0.468. The molecular formula is C19H23N3O2. The Morgan fingerprint density at radius 1 is 1.21 bits per heavy atom. The molecule has 1 unspecified atom stereocenters. The van der Waals surface area contributed by atoms with Crippen molar-refractivity contribution in [2.45, 2.75) is 32.9 Å². The number of carbonyl (C=O) groups is 1. The van der Waals surface area contributed by atoms with Crippen molar-refractivity contribution in [3.8, 4) is 0 Å². The molecular weight excluding hydrogens is 302 g/mol. The smallest absolute Gasteiger partial charge is 0.250 e. The summed E-state index contributed by atoms with van der Waals surface area (Å²) < 4.78 is 1.58. The minimum atomic E-state index is -0.0777.